The highest BCUT2D eigenvalue weighted by Gasteiger charge is 2.23. The first-order chi connectivity index (χ1) is 9.31. The van der Waals surface area contributed by atoms with Gasteiger partial charge >= 0.3 is 5.69 Å². The molecule has 9 heteroatoms. The van der Waals surface area contributed by atoms with Crippen LogP contribution in [-0.4, -0.2) is 23.4 Å². The molecule has 2 rings (SSSR count). The molecule has 2 heterocycles. The Balaban J connectivity index is 2.55. The molecular weight excluding hydrogens is 284 g/mol. The summed E-state index contributed by atoms with van der Waals surface area (Å²) in [6, 6.07) is 3.33. The van der Waals surface area contributed by atoms with E-state index in [0.29, 0.717) is 5.56 Å². The van der Waals surface area contributed by atoms with Crippen molar-refractivity contribution in [3.05, 3.63) is 50.4 Å². The molecule has 0 radical (unpaired) electrons. The van der Waals surface area contributed by atoms with Gasteiger partial charge in [0.2, 0.25) is 0 Å². The summed E-state index contributed by atoms with van der Waals surface area (Å²) in [5.74, 6) is 0.123. The Morgan fingerprint density at radius 2 is 1.90 bits per heavy atom. The van der Waals surface area contributed by atoms with Crippen LogP contribution in [0.4, 0.5) is 5.82 Å². The van der Waals surface area contributed by atoms with Gasteiger partial charge in [-0.2, -0.15) is 0 Å². The molecule has 0 unspecified atom stereocenters. The lowest BCUT2D eigenvalue weighted by molar-refractivity contribution is 0.597. The Morgan fingerprint density at radius 1 is 1.20 bits per heavy atom. The van der Waals surface area contributed by atoms with E-state index in [9.17, 15) is 18.0 Å². The summed E-state index contributed by atoms with van der Waals surface area (Å²) in [5, 5.41) is 0. The number of aromatic nitrogens is 3. The molecule has 0 bridgehead atoms. The zero-order valence-corrected chi connectivity index (χ0v) is 11.5. The SMILES string of the molecule is Cc1cccnc1NS(=O)(=O)c1c(C)[nH]c(=O)[nH]c1=O. The summed E-state index contributed by atoms with van der Waals surface area (Å²) in [7, 11) is -4.14. The second kappa shape index (κ2) is 4.93. The second-order valence-electron chi connectivity index (χ2n) is 4.14. The van der Waals surface area contributed by atoms with Crippen LogP contribution in [0.5, 0.6) is 0 Å². The molecule has 0 saturated carbocycles. The van der Waals surface area contributed by atoms with Crippen LogP contribution in [-0.2, 0) is 10.0 Å². The first-order valence-electron chi connectivity index (χ1n) is 5.59. The van der Waals surface area contributed by atoms with Gasteiger partial charge < -0.3 is 4.98 Å². The molecule has 2 aromatic heterocycles. The molecule has 0 aliphatic carbocycles. The van der Waals surface area contributed by atoms with Crippen LogP contribution < -0.4 is 16.0 Å². The van der Waals surface area contributed by atoms with Gasteiger partial charge in [0.15, 0.2) is 4.90 Å². The third kappa shape index (κ3) is 2.62. The number of hydrogen-bond donors (Lipinski definition) is 3. The predicted molar refractivity (Wildman–Crippen MR) is 72.2 cm³/mol. The predicted octanol–water partition coefficient (Wildman–Crippen LogP) is -0.124. The number of hydrogen-bond acceptors (Lipinski definition) is 5. The highest BCUT2D eigenvalue weighted by molar-refractivity contribution is 7.92. The van der Waals surface area contributed by atoms with Crippen molar-refractivity contribution in [2.24, 2.45) is 0 Å². The molecule has 2 aromatic rings. The Labute approximate surface area is 114 Å². The maximum atomic E-state index is 12.2. The minimum atomic E-state index is -4.14. The fraction of sp³-hybridized carbons (Fsp3) is 0.182. The highest BCUT2D eigenvalue weighted by atomic mass is 32.2. The van der Waals surface area contributed by atoms with Crippen molar-refractivity contribution in [3.63, 3.8) is 0 Å². The summed E-state index contributed by atoms with van der Waals surface area (Å²) < 4.78 is 26.7. The van der Waals surface area contributed by atoms with Crippen molar-refractivity contribution >= 4 is 15.8 Å². The van der Waals surface area contributed by atoms with Crippen LogP contribution in [0.2, 0.25) is 0 Å². The fourth-order valence-electron chi connectivity index (χ4n) is 1.68. The lowest BCUT2D eigenvalue weighted by Crippen LogP contribution is -2.31. The highest BCUT2D eigenvalue weighted by Crippen LogP contribution is 2.15. The van der Waals surface area contributed by atoms with E-state index in [1.54, 1.807) is 19.1 Å². The van der Waals surface area contributed by atoms with Gasteiger partial charge in [-0.25, -0.2) is 18.2 Å². The number of anilines is 1. The van der Waals surface area contributed by atoms with Crippen molar-refractivity contribution in [3.8, 4) is 0 Å². The molecule has 0 saturated heterocycles. The van der Waals surface area contributed by atoms with Gasteiger partial charge in [0.1, 0.15) is 5.82 Å². The van der Waals surface area contributed by atoms with Crippen molar-refractivity contribution in [1.29, 1.82) is 0 Å². The van der Waals surface area contributed by atoms with Crippen LogP contribution in [0.3, 0.4) is 0 Å². The zero-order chi connectivity index (χ0) is 14.9. The molecule has 20 heavy (non-hydrogen) atoms. The Hall–Kier alpha value is -2.42. The Bertz CT molecular complexity index is 866. The Kier molecular flexibility index (Phi) is 3.45. The number of pyridine rings is 1. The first-order valence-corrected chi connectivity index (χ1v) is 7.07. The molecule has 0 aliphatic rings. The van der Waals surface area contributed by atoms with Crippen molar-refractivity contribution < 1.29 is 8.42 Å². The summed E-state index contributed by atoms with van der Waals surface area (Å²) in [4.78, 5) is 30.2. The van der Waals surface area contributed by atoms with E-state index in [-0.39, 0.29) is 11.5 Å². The number of rotatable bonds is 3. The normalized spacial score (nSPS) is 11.3. The number of aromatic amines is 2. The average Bonchev–Trinajstić information content (AvgIpc) is 2.30. The lowest BCUT2D eigenvalue weighted by atomic mass is 10.3. The van der Waals surface area contributed by atoms with Crippen molar-refractivity contribution in [2.45, 2.75) is 18.7 Å². The molecule has 0 fully saturated rings. The van der Waals surface area contributed by atoms with Crippen LogP contribution in [0, 0.1) is 13.8 Å². The number of H-pyrrole nitrogens is 2. The summed E-state index contributed by atoms with van der Waals surface area (Å²) in [6.07, 6.45) is 1.43. The zero-order valence-electron chi connectivity index (χ0n) is 10.7. The third-order valence-electron chi connectivity index (χ3n) is 2.58. The van der Waals surface area contributed by atoms with Gasteiger partial charge in [0, 0.05) is 11.9 Å². The van der Waals surface area contributed by atoms with Crippen LogP contribution in [0.15, 0.2) is 32.8 Å². The smallest absolute Gasteiger partial charge is 0.310 e. The summed E-state index contributed by atoms with van der Waals surface area (Å²) >= 11 is 0. The van der Waals surface area contributed by atoms with Gasteiger partial charge in [0.05, 0.1) is 0 Å². The van der Waals surface area contributed by atoms with Crippen molar-refractivity contribution in [1.82, 2.24) is 15.0 Å². The van der Waals surface area contributed by atoms with E-state index in [2.05, 4.69) is 14.7 Å². The number of nitrogens with one attached hydrogen (secondary N) is 3. The van der Waals surface area contributed by atoms with E-state index in [1.165, 1.54) is 13.1 Å². The number of sulfonamides is 1. The van der Waals surface area contributed by atoms with E-state index in [4.69, 9.17) is 0 Å². The molecule has 0 spiro atoms. The second-order valence-corrected chi connectivity index (χ2v) is 5.76. The molecule has 0 amide bonds. The molecule has 3 N–H and O–H groups in total. The average molecular weight is 296 g/mol. The monoisotopic (exact) mass is 296 g/mol. The van der Waals surface area contributed by atoms with Gasteiger partial charge in [0.25, 0.3) is 15.6 Å². The van der Waals surface area contributed by atoms with E-state index in [1.807, 2.05) is 4.98 Å². The van der Waals surface area contributed by atoms with E-state index < -0.39 is 26.2 Å². The third-order valence-corrected chi connectivity index (χ3v) is 4.08. The van der Waals surface area contributed by atoms with Crippen LogP contribution >= 0.6 is 0 Å². The van der Waals surface area contributed by atoms with Crippen LogP contribution in [0.1, 0.15) is 11.3 Å². The molecule has 106 valence electrons. The van der Waals surface area contributed by atoms with Crippen LogP contribution in [0.25, 0.3) is 0 Å². The van der Waals surface area contributed by atoms with E-state index >= 15 is 0 Å². The van der Waals surface area contributed by atoms with E-state index in [0.717, 1.165) is 0 Å². The topological polar surface area (TPSA) is 125 Å². The van der Waals surface area contributed by atoms with Gasteiger partial charge in [-0.3, -0.25) is 14.5 Å². The molecular formula is C11H12N4O4S. The van der Waals surface area contributed by atoms with Crippen molar-refractivity contribution in [2.75, 3.05) is 4.72 Å². The van der Waals surface area contributed by atoms with Gasteiger partial charge in [-0.05, 0) is 25.5 Å². The van der Waals surface area contributed by atoms with Gasteiger partial charge in [-0.1, -0.05) is 6.07 Å². The minimum Gasteiger partial charge on any atom is -0.310 e. The first kappa shape index (κ1) is 14.0. The maximum Gasteiger partial charge on any atom is 0.325 e. The molecule has 8 nitrogen and oxygen atoms in total. The number of nitrogens with zero attached hydrogens (tertiary/aromatic N) is 1. The molecule has 0 atom stereocenters. The molecule has 0 aromatic carbocycles. The van der Waals surface area contributed by atoms with Gasteiger partial charge in [-0.15, -0.1) is 0 Å². The minimum absolute atomic E-state index is 0.0418. The lowest BCUT2D eigenvalue weighted by Gasteiger charge is -2.09. The Morgan fingerprint density at radius 3 is 2.50 bits per heavy atom. The fourth-order valence-corrected chi connectivity index (χ4v) is 3.00. The maximum absolute atomic E-state index is 12.2. The standard InChI is InChI=1S/C11H12N4O4S/c1-6-4-3-5-12-9(6)15-20(18,19)8-7(2)13-11(17)14-10(8)16/h3-5H,1-2H3,(H,12,15)(H2,13,14,16,17). The molecule has 0 aliphatic heterocycles. The quantitative estimate of drug-likeness (QED) is 0.728. The number of aryl methyl sites for hydroxylation is 2. The summed E-state index contributed by atoms with van der Waals surface area (Å²) in [5.41, 5.74) is -1.18. The largest absolute Gasteiger partial charge is 0.325 e. The summed E-state index contributed by atoms with van der Waals surface area (Å²) in [6.45, 7) is 3.01.